The third-order valence-electron chi connectivity index (χ3n) is 5.19. The lowest BCUT2D eigenvalue weighted by Gasteiger charge is -2.35. The van der Waals surface area contributed by atoms with Crippen LogP contribution in [0.3, 0.4) is 0 Å². The lowest BCUT2D eigenvalue weighted by molar-refractivity contribution is -0.387. The van der Waals surface area contributed by atoms with Gasteiger partial charge in [-0.15, -0.1) is 0 Å². The van der Waals surface area contributed by atoms with Crippen molar-refractivity contribution in [1.29, 1.82) is 0 Å². The molecule has 1 aromatic carbocycles. The molecule has 0 bridgehead atoms. The van der Waals surface area contributed by atoms with E-state index in [-0.39, 0.29) is 48.2 Å². The number of urea groups is 1. The molecule has 0 atom stereocenters. The number of nitrogens with zero attached hydrogens (tertiary/aromatic N) is 3. The van der Waals surface area contributed by atoms with Crippen LogP contribution in [0, 0.1) is 10.1 Å². The van der Waals surface area contributed by atoms with Crippen molar-refractivity contribution < 1.29 is 18.1 Å². The van der Waals surface area contributed by atoms with Gasteiger partial charge in [-0.3, -0.25) is 10.1 Å². The Balaban J connectivity index is 1.65. The predicted molar refractivity (Wildman–Crippen MR) is 104 cm³/mol. The number of rotatable bonds is 4. The predicted octanol–water partition coefficient (Wildman–Crippen LogP) is 2.60. The summed E-state index contributed by atoms with van der Waals surface area (Å²) in [5.41, 5.74) is -0.551. The number of benzene rings is 1. The molecule has 28 heavy (non-hydrogen) atoms. The molecule has 9 nitrogen and oxygen atoms in total. The van der Waals surface area contributed by atoms with Crippen molar-refractivity contribution in [2.45, 2.75) is 43.0 Å². The van der Waals surface area contributed by atoms with E-state index in [1.807, 2.05) is 0 Å². The molecule has 0 spiro atoms. The van der Waals surface area contributed by atoms with Crippen molar-refractivity contribution in [3.63, 3.8) is 0 Å². The zero-order chi connectivity index (χ0) is 20.3. The number of sulfonamides is 1. The summed E-state index contributed by atoms with van der Waals surface area (Å²) in [5.74, 6) is 0. The second-order valence-electron chi connectivity index (χ2n) is 7.04. The van der Waals surface area contributed by atoms with E-state index in [2.05, 4.69) is 5.32 Å². The Kier molecular flexibility index (Phi) is 6.41. The summed E-state index contributed by atoms with van der Waals surface area (Å²) >= 11 is 5.77. The molecular formula is C17H23ClN4O5S. The maximum atomic E-state index is 12.9. The first-order chi connectivity index (χ1) is 13.3. The highest BCUT2D eigenvalue weighted by Gasteiger charge is 2.35. The second-order valence-corrected chi connectivity index (χ2v) is 9.39. The van der Waals surface area contributed by atoms with Gasteiger partial charge in [0.2, 0.25) is 10.0 Å². The van der Waals surface area contributed by atoms with Crippen LogP contribution in [-0.4, -0.2) is 60.8 Å². The SMILES string of the molecule is O=C(NC1CCCCC1)N1CCN(S(=O)(=O)c2ccc(Cl)cc2[N+](=O)[O-])CC1. The van der Waals surface area contributed by atoms with E-state index in [1.54, 1.807) is 4.90 Å². The largest absolute Gasteiger partial charge is 0.335 e. The monoisotopic (exact) mass is 430 g/mol. The van der Waals surface area contributed by atoms with Crippen LogP contribution in [0.2, 0.25) is 5.02 Å². The summed E-state index contributed by atoms with van der Waals surface area (Å²) in [4.78, 5) is 24.1. The number of amides is 2. The number of hydrogen-bond acceptors (Lipinski definition) is 5. The number of nitro benzene ring substituents is 1. The minimum Gasteiger partial charge on any atom is -0.335 e. The van der Waals surface area contributed by atoms with E-state index < -0.39 is 20.6 Å². The van der Waals surface area contributed by atoms with Crippen molar-refractivity contribution in [3.05, 3.63) is 33.3 Å². The Bertz CT molecular complexity index is 849. The van der Waals surface area contributed by atoms with Gasteiger partial charge in [0, 0.05) is 43.3 Å². The molecule has 11 heteroatoms. The summed E-state index contributed by atoms with van der Waals surface area (Å²) in [5, 5.41) is 14.3. The Morgan fingerprint density at radius 1 is 1.14 bits per heavy atom. The van der Waals surface area contributed by atoms with Gasteiger partial charge >= 0.3 is 6.03 Å². The molecule has 154 valence electrons. The molecule has 2 aliphatic rings. The number of carbonyl (C=O) groups is 1. The van der Waals surface area contributed by atoms with Gasteiger partial charge in [-0.25, -0.2) is 13.2 Å². The highest BCUT2D eigenvalue weighted by molar-refractivity contribution is 7.89. The van der Waals surface area contributed by atoms with Gasteiger partial charge in [0.1, 0.15) is 0 Å². The zero-order valence-corrected chi connectivity index (χ0v) is 16.9. The molecule has 2 fully saturated rings. The average Bonchev–Trinajstić information content (AvgIpc) is 2.68. The molecule has 1 aliphatic carbocycles. The van der Waals surface area contributed by atoms with Crippen LogP contribution < -0.4 is 5.32 Å². The number of piperazine rings is 1. The molecule has 1 saturated carbocycles. The van der Waals surface area contributed by atoms with Crippen LogP contribution >= 0.6 is 11.6 Å². The summed E-state index contributed by atoms with van der Waals surface area (Å²) in [7, 11) is -4.06. The van der Waals surface area contributed by atoms with Gasteiger partial charge in [0.25, 0.3) is 5.69 Å². The zero-order valence-electron chi connectivity index (χ0n) is 15.3. The smallest absolute Gasteiger partial charge is 0.317 e. The number of halogens is 1. The third kappa shape index (κ3) is 4.56. The summed E-state index contributed by atoms with van der Waals surface area (Å²) in [6, 6.07) is 3.50. The first-order valence-electron chi connectivity index (χ1n) is 9.28. The van der Waals surface area contributed by atoms with Crippen molar-refractivity contribution in [3.8, 4) is 0 Å². The summed E-state index contributed by atoms with van der Waals surface area (Å²) in [6.07, 6.45) is 5.36. The molecule has 1 heterocycles. The van der Waals surface area contributed by atoms with Gasteiger partial charge in [0.05, 0.1) is 4.92 Å². The van der Waals surface area contributed by atoms with E-state index in [9.17, 15) is 23.3 Å². The van der Waals surface area contributed by atoms with Crippen molar-refractivity contribution >= 4 is 33.3 Å². The number of carbonyl (C=O) groups excluding carboxylic acids is 1. The van der Waals surface area contributed by atoms with Gasteiger partial charge in [-0.1, -0.05) is 30.9 Å². The van der Waals surface area contributed by atoms with Crippen molar-refractivity contribution in [1.82, 2.24) is 14.5 Å². The first-order valence-corrected chi connectivity index (χ1v) is 11.1. The fourth-order valence-electron chi connectivity index (χ4n) is 3.63. The maximum Gasteiger partial charge on any atom is 0.317 e. The molecule has 1 aliphatic heterocycles. The van der Waals surface area contributed by atoms with Crippen LogP contribution in [0.1, 0.15) is 32.1 Å². The molecule has 0 radical (unpaired) electrons. The van der Waals surface area contributed by atoms with E-state index in [4.69, 9.17) is 11.6 Å². The highest BCUT2D eigenvalue weighted by atomic mass is 35.5. The number of nitrogens with one attached hydrogen (secondary N) is 1. The van der Waals surface area contributed by atoms with Gasteiger partial charge in [-0.2, -0.15) is 4.31 Å². The molecule has 3 rings (SSSR count). The van der Waals surface area contributed by atoms with Gasteiger partial charge < -0.3 is 10.2 Å². The minimum atomic E-state index is -4.06. The highest BCUT2D eigenvalue weighted by Crippen LogP contribution is 2.30. The Hall–Kier alpha value is -1.91. The van der Waals surface area contributed by atoms with Crippen LogP contribution in [0.15, 0.2) is 23.1 Å². The van der Waals surface area contributed by atoms with Gasteiger partial charge in [-0.05, 0) is 25.0 Å². The molecule has 1 saturated heterocycles. The van der Waals surface area contributed by atoms with E-state index >= 15 is 0 Å². The molecule has 2 amide bonds. The summed E-state index contributed by atoms with van der Waals surface area (Å²) in [6.45, 7) is 0.638. The molecular weight excluding hydrogens is 408 g/mol. The standard InChI is InChI=1S/C17H23ClN4O5S/c18-13-6-7-16(15(12-13)22(24)25)28(26,27)21-10-8-20(9-11-21)17(23)19-14-4-2-1-3-5-14/h6-7,12,14H,1-5,8-11H2,(H,19,23). The average molecular weight is 431 g/mol. The Morgan fingerprint density at radius 2 is 1.79 bits per heavy atom. The van der Waals surface area contributed by atoms with Crippen LogP contribution in [0.25, 0.3) is 0 Å². The Labute approximate surface area is 168 Å². The molecule has 0 aromatic heterocycles. The summed E-state index contributed by atoms with van der Waals surface area (Å²) < 4.78 is 26.9. The van der Waals surface area contributed by atoms with Gasteiger partial charge in [0.15, 0.2) is 4.90 Å². The number of nitro groups is 1. The molecule has 1 aromatic rings. The topological polar surface area (TPSA) is 113 Å². The lowest BCUT2D eigenvalue weighted by Crippen LogP contribution is -2.54. The van der Waals surface area contributed by atoms with Crippen molar-refractivity contribution in [2.24, 2.45) is 0 Å². The van der Waals surface area contributed by atoms with Crippen molar-refractivity contribution in [2.75, 3.05) is 26.2 Å². The van der Waals surface area contributed by atoms with Crippen LogP contribution in [0.5, 0.6) is 0 Å². The lowest BCUT2D eigenvalue weighted by atomic mass is 9.96. The molecule has 0 unspecified atom stereocenters. The first kappa shape index (κ1) is 20.8. The van der Waals surface area contributed by atoms with E-state index in [0.29, 0.717) is 0 Å². The minimum absolute atomic E-state index is 0.0835. The van der Waals surface area contributed by atoms with E-state index in [0.717, 1.165) is 37.8 Å². The number of hydrogen-bond donors (Lipinski definition) is 1. The normalized spacial score (nSPS) is 19.4. The van der Waals surface area contributed by atoms with Crippen LogP contribution in [0.4, 0.5) is 10.5 Å². The fraction of sp³-hybridized carbons (Fsp3) is 0.588. The fourth-order valence-corrected chi connectivity index (χ4v) is 5.36. The Morgan fingerprint density at radius 3 is 2.39 bits per heavy atom. The van der Waals surface area contributed by atoms with E-state index in [1.165, 1.54) is 16.8 Å². The maximum absolute atomic E-state index is 12.9. The van der Waals surface area contributed by atoms with Crippen LogP contribution in [-0.2, 0) is 10.0 Å². The third-order valence-corrected chi connectivity index (χ3v) is 7.38. The second kappa shape index (κ2) is 8.62. The molecule has 1 N–H and O–H groups in total. The quantitative estimate of drug-likeness (QED) is 0.582.